The van der Waals surface area contributed by atoms with E-state index in [1.165, 1.54) is 16.9 Å². The SMILES string of the molecule is CCOc1ccc(N2CC(C(=O)Nc3nnc(C4CC(=O)N(c5ccc(CC)cc5)C4)s3)CC2=O)cc1. The van der Waals surface area contributed by atoms with Crippen LogP contribution in [0.15, 0.2) is 48.5 Å². The van der Waals surface area contributed by atoms with Crippen molar-refractivity contribution in [3.05, 3.63) is 59.1 Å². The average molecular weight is 520 g/mol. The van der Waals surface area contributed by atoms with Crippen molar-refractivity contribution in [3.8, 4) is 5.75 Å². The molecule has 1 N–H and O–H groups in total. The number of aromatic nitrogens is 2. The molecule has 2 aliphatic heterocycles. The van der Waals surface area contributed by atoms with Crippen LogP contribution in [0.5, 0.6) is 5.75 Å². The minimum Gasteiger partial charge on any atom is -0.494 e. The topological polar surface area (TPSA) is 105 Å². The molecule has 0 aliphatic carbocycles. The maximum absolute atomic E-state index is 12.9. The summed E-state index contributed by atoms with van der Waals surface area (Å²) < 4.78 is 5.46. The highest BCUT2D eigenvalue weighted by Gasteiger charge is 2.37. The molecule has 0 bridgehead atoms. The fourth-order valence-electron chi connectivity index (χ4n) is 4.71. The number of benzene rings is 2. The molecule has 1 aromatic heterocycles. The van der Waals surface area contributed by atoms with E-state index in [-0.39, 0.29) is 30.1 Å². The molecule has 10 heteroatoms. The molecule has 0 radical (unpaired) electrons. The Bertz CT molecular complexity index is 1290. The van der Waals surface area contributed by atoms with Crippen LogP contribution >= 0.6 is 11.3 Å². The number of carbonyl (C=O) groups is 3. The van der Waals surface area contributed by atoms with E-state index in [1.807, 2.05) is 55.5 Å². The quantitative estimate of drug-likeness (QED) is 0.482. The second-order valence-corrected chi connectivity index (χ2v) is 10.2. The van der Waals surface area contributed by atoms with Gasteiger partial charge in [0.2, 0.25) is 22.9 Å². The van der Waals surface area contributed by atoms with E-state index in [0.717, 1.165) is 28.6 Å². The Morgan fingerprint density at radius 3 is 2.27 bits per heavy atom. The van der Waals surface area contributed by atoms with Gasteiger partial charge in [-0.1, -0.05) is 30.4 Å². The van der Waals surface area contributed by atoms with Gasteiger partial charge in [0.05, 0.1) is 12.5 Å². The lowest BCUT2D eigenvalue weighted by Gasteiger charge is -2.17. The summed E-state index contributed by atoms with van der Waals surface area (Å²) in [6.45, 7) is 5.41. The van der Waals surface area contributed by atoms with E-state index in [4.69, 9.17) is 4.74 Å². The smallest absolute Gasteiger partial charge is 0.231 e. The third-order valence-electron chi connectivity index (χ3n) is 6.76. The minimum atomic E-state index is -0.485. The zero-order valence-electron chi connectivity index (χ0n) is 20.8. The Hall–Kier alpha value is -3.79. The second-order valence-electron chi connectivity index (χ2n) is 9.19. The second kappa shape index (κ2) is 10.7. The summed E-state index contributed by atoms with van der Waals surface area (Å²) >= 11 is 1.28. The van der Waals surface area contributed by atoms with Crippen LogP contribution in [0, 0.1) is 5.92 Å². The van der Waals surface area contributed by atoms with Gasteiger partial charge in [0.25, 0.3) is 0 Å². The van der Waals surface area contributed by atoms with Gasteiger partial charge >= 0.3 is 0 Å². The van der Waals surface area contributed by atoms with Crippen molar-refractivity contribution in [1.29, 1.82) is 0 Å². The first-order chi connectivity index (χ1) is 17.9. The van der Waals surface area contributed by atoms with Crippen molar-refractivity contribution in [2.24, 2.45) is 5.92 Å². The summed E-state index contributed by atoms with van der Waals surface area (Å²) in [4.78, 5) is 41.6. The van der Waals surface area contributed by atoms with Gasteiger partial charge in [-0.15, -0.1) is 10.2 Å². The Labute approximate surface area is 219 Å². The molecule has 3 amide bonds. The number of rotatable bonds is 8. The van der Waals surface area contributed by atoms with Crippen LogP contribution < -0.4 is 19.9 Å². The number of aryl methyl sites for hydroxylation is 1. The lowest BCUT2D eigenvalue weighted by molar-refractivity contribution is -0.122. The molecule has 5 rings (SSSR count). The van der Waals surface area contributed by atoms with Gasteiger partial charge in [0.1, 0.15) is 10.8 Å². The lowest BCUT2D eigenvalue weighted by atomic mass is 10.1. The van der Waals surface area contributed by atoms with Crippen molar-refractivity contribution < 1.29 is 19.1 Å². The molecular formula is C27H29N5O4S. The Kier molecular flexibility index (Phi) is 7.18. The van der Waals surface area contributed by atoms with Gasteiger partial charge in [0, 0.05) is 43.2 Å². The third kappa shape index (κ3) is 5.34. The molecule has 3 heterocycles. The Morgan fingerprint density at radius 1 is 0.946 bits per heavy atom. The highest BCUT2D eigenvalue weighted by Crippen LogP contribution is 2.35. The summed E-state index contributed by atoms with van der Waals surface area (Å²) in [5.41, 5.74) is 2.84. The molecule has 0 saturated carbocycles. The summed E-state index contributed by atoms with van der Waals surface area (Å²) in [5, 5.41) is 12.3. The third-order valence-corrected chi connectivity index (χ3v) is 7.76. The van der Waals surface area contributed by atoms with Gasteiger partial charge in [-0.05, 0) is 55.3 Å². The van der Waals surface area contributed by atoms with Gasteiger partial charge < -0.3 is 19.9 Å². The summed E-state index contributed by atoms with van der Waals surface area (Å²) in [6, 6.07) is 15.3. The Morgan fingerprint density at radius 2 is 1.59 bits per heavy atom. The van der Waals surface area contributed by atoms with E-state index in [9.17, 15) is 14.4 Å². The van der Waals surface area contributed by atoms with E-state index < -0.39 is 5.92 Å². The monoisotopic (exact) mass is 519 g/mol. The number of hydrogen-bond donors (Lipinski definition) is 1. The maximum atomic E-state index is 12.9. The van der Waals surface area contributed by atoms with Gasteiger partial charge in [0.15, 0.2) is 0 Å². The van der Waals surface area contributed by atoms with Crippen LogP contribution in [0.2, 0.25) is 0 Å². The van der Waals surface area contributed by atoms with Crippen LogP contribution in [-0.4, -0.2) is 47.6 Å². The maximum Gasteiger partial charge on any atom is 0.231 e. The molecule has 2 fully saturated rings. The summed E-state index contributed by atoms with van der Waals surface area (Å²) in [6.07, 6.45) is 1.44. The molecule has 2 unspecified atom stereocenters. The van der Waals surface area contributed by atoms with E-state index in [0.29, 0.717) is 31.2 Å². The zero-order chi connectivity index (χ0) is 25.9. The first-order valence-corrected chi connectivity index (χ1v) is 13.3. The molecule has 0 spiro atoms. The van der Waals surface area contributed by atoms with Crippen LogP contribution in [-0.2, 0) is 20.8 Å². The van der Waals surface area contributed by atoms with Crippen LogP contribution in [0.4, 0.5) is 16.5 Å². The van der Waals surface area contributed by atoms with E-state index in [2.05, 4.69) is 22.4 Å². The van der Waals surface area contributed by atoms with Gasteiger partial charge in [-0.25, -0.2) is 0 Å². The summed E-state index contributed by atoms with van der Waals surface area (Å²) in [5.74, 6) is -0.135. The molecule has 3 aromatic rings. The zero-order valence-corrected chi connectivity index (χ0v) is 21.7. The first-order valence-electron chi connectivity index (χ1n) is 12.5. The van der Waals surface area contributed by atoms with Crippen molar-refractivity contribution in [2.75, 3.05) is 34.8 Å². The number of nitrogens with one attached hydrogen (secondary N) is 1. The van der Waals surface area contributed by atoms with Crippen molar-refractivity contribution >= 4 is 45.6 Å². The minimum absolute atomic E-state index is 0.0499. The molecule has 2 aliphatic rings. The molecule has 2 saturated heterocycles. The predicted molar refractivity (Wildman–Crippen MR) is 142 cm³/mol. The molecule has 2 aromatic carbocycles. The highest BCUT2D eigenvalue weighted by atomic mass is 32.1. The van der Waals surface area contributed by atoms with Crippen molar-refractivity contribution in [1.82, 2.24) is 10.2 Å². The van der Waals surface area contributed by atoms with Crippen molar-refractivity contribution in [2.45, 2.75) is 39.0 Å². The number of carbonyl (C=O) groups excluding carboxylic acids is 3. The standard InChI is InChI=1S/C27H29N5O4S/c1-3-17-5-7-20(8-6-17)32-16-19(14-24(32)34)26-29-30-27(37-26)28-25(35)18-13-23(33)31(15-18)21-9-11-22(12-10-21)36-4-2/h5-12,18-19H,3-4,13-16H2,1-2H3,(H,28,30,35). The number of anilines is 3. The van der Waals surface area contributed by atoms with E-state index in [1.54, 1.807) is 9.80 Å². The van der Waals surface area contributed by atoms with Crippen LogP contribution in [0.1, 0.15) is 43.2 Å². The average Bonchev–Trinajstić information content (AvgIpc) is 3.63. The normalized spacial score (nSPS) is 19.5. The fourth-order valence-corrected chi connectivity index (χ4v) is 5.55. The number of hydrogen-bond acceptors (Lipinski definition) is 7. The fraction of sp³-hybridized carbons (Fsp3) is 0.370. The highest BCUT2D eigenvalue weighted by molar-refractivity contribution is 7.15. The number of ether oxygens (including phenoxy) is 1. The molecule has 37 heavy (non-hydrogen) atoms. The van der Waals surface area contributed by atoms with Crippen molar-refractivity contribution in [3.63, 3.8) is 0 Å². The Balaban J connectivity index is 1.19. The molecule has 2 atom stereocenters. The number of nitrogens with zero attached hydrogens (tertiary/aromatic N) is 4. The molecule has 9 nitrogen and oxygen atoms in total. The summed E-state index contributed by atoms with van der Waals surface area (Å²) in [7, 11) is 0. The van der Waals surface area contributed by atoms with Crippen LogP contribution in [0.25, 0.3) is 0 Å². The number of amides is 3. The molecule has 192 valence electrons. The van der Waals surface area contributed by atoms with Crippen LogP contribution in [0.3, 0.4) is 0 Å². The lowest BCUT2D eigenvalue weighted by Crippen LogP contribution is -2.28. The van der Waals surface area contributed by atoms with E-state index >= 15 is 0 Å². The predicted octanol–water partition coefficient (Wildman–Crippen LogP) is 4.01. The van der Waals surface area contributed by atoms with Gasteiger partial charge in [-0.2, -0.15) is 0 Å². The largest absolute Gasteiger partial charge is 0.494 e. The molecular weight excluding hydrogens is 490 g/mol. The first kappa shape index (κ1) is 24.9. The van der Waals surface area contributed by atoms with Gasteiger partial charge in [-0.3, -0.25) is 14.4 Å².